The van der Waals surface area contributed by atoms with Crippen LogP contribution in [0.1, 0.15) is 11.1 Å². The second-order valence-corrected chi connectivity index (χ2v) is 4.81. The third kappa shape index (κ3) is 2.24. The van der Waals surface area contributed by atoms with Crippen LogP contribution >= 0.6 is 11.6 Å². The normalized spacial score (nSPS) is 14.2. The molecule has 0 fully saturated rings. The predicted molar refractivity (Wildman–Crippen MR) is 81.8 cm³/mol. The summed E-state index contributed by atoms with van der Waals surface area (Å²) < 4.78 is 0. The Morgan fingerprint density at radius 2 is 1.75 bits per heavy atom. The van der Waals surface area contributed by atoms with E-state index in [2.05, 4.69) is 16.6 Å². The van der Waals surface area contributed by atoms with Crippen molar-refractivity contribution in [2.24, 2.45) is 9.98 Å². The average Bonchev–Trinajstić information content (AvgIpc) is 2.84. The van der Waals surface area contributed by atoms with Gasteiger partial charge in [-0.2, -0.15) is 0 Å². The highest BCUT2D eigenvalue weighted by atomic mass is 35.5. The summed E-state index contributed by atoms with van der Waals surface area (Å²) in [5.41, 5.74) is 2.51. The first kappa shape index (κ1) is 12.6. The van der Waals surface area contributed by atoms with Gasteiger partial charge in [-0.05, 0) is 18.2 Å². The summed E-state index contributed by atoms with van der Waals surface area (Å²) in [4.78, 5) is 8.81. The van der Waals surface area contributed by atoms with Crippen molar-refractivity contribution in [1.29, 1.82) is 0 Å². The van der Waals surface area contributed by atoms with Gasteiger partial charge in [0.05, 0.1) is 5.70 Å². The number of rotatable bonds is 2. The summed E-state index contributed by atoms with van der Waals surface area (Å²) in [5.74, 6) is 0.698. The highest BCUT2D eigenvalue weighted by Crippen LogP contribution is 2.27. The van der Waals surface area contributed by atoms with E-state index in [1.165, 1.54) is 6.07 Å². The molecule has 0 unspecified atom stereocenters. The van der Waals surface area contributed by atoms with E-state index in [0.717, 1.165) is 5.56 Å². The Morgan fingerprint density at radius 3 is 2.50 bits per heavy atom. The minimum atomic E-state index is 0.110. The van der Waals surface area contributed by atoms with Crippen molar-refractivity contribution in [1.82, 2.24) is 0 Å². The molecule has 98 valence electrons. The van der Waals surface area contributed by atoms with Crippen LogP contribution in [0.15, 0.2) is 70.8 Å². The lowest BCUT2D eigenvalue weighted by Crippen LogP contribution is -2.00. The van der Waals surface area contributed by atoms with Gasteiger partial charge in [0.25, 0.3) is 0 Å². The van der Waals surface area contributed by atoms with E-state index in [9.17, 15) is 5.11 Å². The van der Waals surface area contributed by atoms with E-state index in [-0.39, 0.29) is 5.75 Å². The van der Waals surface area contributed by atoms with Crippen LogP contribution in [0.25, 0.3) is 0 Å². The predicted octanol–water partition coefficient (Wildman–Crippen LogP) is 3.81. The summed E-state index contributed by atoms with van der Waals surface area (Å²) in [6, 6.07) is 14.4. The standard InChI is InChI=1S/C16H11ClN2O/c1-10-15(13-9-12(17)7-8-14(13)20)19-16(18-10)11-5-3-2-4-6-11/h2-9,20H,1H2. The fraction of sp³-hybridized carbons (Fsp3) is 0. The number of halogens is 1. The van der Waals surface area contributed by atoms with Gasteiger partial charge in [-0.15, -0.1) is 0 Å². The Balaban J connectivity index is 2.05. The maximum Gasteiger partial charge on any atom is 0.160 e. The lowest BCUT2D eigenvalue weighted by molar-refractivity contribution is 0.474. The molecule has 4 heteroatoms. The molecule has 1 heterocycles. The van der Waals surface area contributed by atoms with E-state index in [1.807, 2.05) is 30.3 Å². The largest absolute Gasteiger partial charge is 0.507 e. The maximum atomic E-state index is 9.94. The Morgan fingerprint density at radius 1 is 1.00 bits per heavy atom. The van der Waals surface area contributed by atoms with Crippen LogP contribution < -0.4 is 0 Å². The summed E-state index contributed by atoms with van der Waals surface area (Å²) in [6.45, 7) is 3.89. The molecular formula is C16H11ClN2O. The number of phenols is 1. The second kappa shape index (κ2) is 4.94. The molecular weight excluding hydrogens is 272 g/mol. The summed E-state index contributed by atoms with van der Waals surface area (Å²) in [6.07, 6.45) is 0. The average molecular weight is 283 g/mol. The minimum absolute atomic E-state index is 0.110. The first-order valence-electron chi connectivity index (χ1n) is 6.06. The number of aliphatic imine (C=N–C) groups is 2. The Labute approximate surface area is 121 Å². The fourth-order valence-electron chi connectivity index (χ4n) is 2.01. The molecule has 3 rings (SSSR count). The Bertz CT molecular complexity index is 748. The molecule has 0 radical (unpaired) electrons. The molecule has 1 N–H and O–H groups in total. The zero-order chi connectivity index (χ0) is 14.1. The van der Waals surface area contributed by atoms with Crippen molar-refractivity contribution in [2.75, 3.05) is 0 Å². The molecule has 0 bridgehead atoms. The molecule has 2 aromatic carbocycles. The van der Waals surface area contributed by atoms with Gasteiger partial charge in [0.15, 0.2) is 5.84 Å². The van der Waals surface area contributed by atoms with Gasteiger partial charge < -0.3 is 5.11 Å². The SMILES string of the molecule is C=C1N=C(c2ccccc2)N=C1c1cc(Cl)ccc1O. The molecule has 0 aromatic heterocycles. The summed E-state index contributed by atoms with van der Waals surface area (Å²) >= 11 is 5.96. The van der Waals surface area contributed by atoms with Crippen molar-refractivity contribution in [3.8, 4) is 5.75 Å². The zero-order valence-electron chi connectivity index (χ0n) is 10.5. The smallest absolute Gasteiger partial charge is 0.160 e. The van der Waals surface area contributed by atoms with Crippen LogP contribution in [0.2, 0.25) is 5.02 Å². The molecule has 20 heavy (non-hydrogen) atoms. The summed E-state index contributed by atoms with van der Waals surface area (Å²) in [5, 5.41) is 10.5. The zero-order valence-corrected chi connectivity index (χ0v) is 11.3. The van der Waals surface area contributed by atoms with Gasteiger partial charge in [-0.3, -0.25) is 0 Å². The van der Waals surface area contributed by atoms with Crippen molar-refractivity contribution >= 4 is 23.1 Å². The monoisotopic (exact) mass is 282 g/mol. The Hall–Kier alpha value is -2.39. The lowest BCUT2D eigenvalue weighted by atomic mass is 10.1. The van der Waals surface area contributed by atoms with Crippen LogP contribution in [-0.4, -0.2) is 16.7 Å². The van der Waals surface area contributed by atoms with Crippen molar-refractivity contribution in [2.45, 2.75) is 0 Å². The Kier molecular flexibility index (Phi) is 3.12. The number of hydrogen-bond donors (Lipinski definition) is 1. The molecule has 1 aliphatic rings. The first-order valence-corrected chi connectivity index (χ1v) is 6.44. The fourth-order valence-corrected chi connectivity index (χ4v) is 2.18. The van der Waals surface area contributed by atoms with Gasteiger partial charge in [0.1, 0.15) is 11.5 Å². The van der Waals surface area contributed by atoms with E-state index in [4.69, 9.17) is 11.6 Å². The molecule has 0 amide bonds. The van der Waals surface area contributed by atoms with Crippen LogP contribution in [-0.2, 0) is 0 Å². The van der Waals surface area contributed by atoms with Crippen molar-refractivity contribution in [3.05, 3.63) is 77.0 Å². The molecule has 3 nitrogen and oxygen atoms in total. The number of nitrogens with zero attached hydrogens (tertiary/aromatic N) is 2. The van der Waals surface area contributed by atoms with E-state index in [1.54, 1.807) is 12.1 Å². The van der Waals surface area contributed by atoms with Gasteiger partial charge in [-0.25, -0.2) is 9.98 Å². The quantitative estimate of drug-likeness (QED) is 0.894. The van der Waals surface area contributed by atoms with Crippen LogP contribution in [0.5, 0.6) is 5.75 Å². The molecule has 0 saturated heterocycles. The van der Waals surface area contributed by atoms with Crippen LogP contribution in [0.3, 0.4) is 0 Å². The molecule has 0 aliphatic carbocycles. The van der Waals surface area contributed by atoms with Gasteiger partial charge in [0.2, 0.25) is 0 Å². The van der Waals surface area contributed by atoms with E-state index >= 15 is 0 Å². The maximum absolute atomic E-state index is 9.94. The number of hydrogen-bond acceptors (Lipinski definition) is 3. The van der Waals surface area contributed by atoms with Crippen LogP contribution in [0.4, 0.5) is 0 Å². The first-order chi connectivity index (χ1) is 9.65. The molecule has 0 saturated carbocycles. The highest BCUT2D eigenvalue weighted by Gasteiger charge is 2.20. The van der Waals surface area contributed by atoms with Gasteiger partial charge in [0, 0.05) is 16.1 Å². The van der Waals surface area contributed by atoms with E-state index in [0.29, 0.717) is 27.8 Å². The van der Waals surface area contributed by atoms with Crippen molar-refractivity contribution in [3.63, 3.8) is 0 Å². The number of phenolic OH excluding ortho intramolecular Hbond substituents is 1. The van der Waals surface area contributed by atoms with Crippen molar-refractivity contribution < 1.29 is 5.11 Å². The summed E-state index contributed by atoms with van der Waals surface area (Å²) in [7, 11) is 0. The third-order valence-electron chi connectivity index (χ3n) is 2.98. The van der Waals surface area contributed by atoms with E-state index < -0.39 is 0 Å². The van der Waals surface area contributed by atoms with Gasteiger partial charge in [-0.1, -0.05) is 48.5 Å². The lowest BCUT2D eigenvalue weighted by Gasteiger charge is -2.04. The highest BCUT2D eigenvalue weighted by molar-refractivity contribution is 6.32. The van der Waals surface area contributed by atoms with Gasteiger partial charge >= 0.3 is 0 Å². The molecule has 0 atom stereocenters. The molecule has 2 aromatic rings. The minimum Gasteiger partial charge on any atom is -0.507 e. The van der Waals surface area contributed by atoms with Crippen LogP contribution in [0, 0.1) is 0 Å². The molecule has 1 aliphatic heterocycles. The molecule has 0 spiro atoms. The third-order valence-corrected chi connectivity index (χ3v) is 3.21. The second-order valence-electron chi connectivity index (χ2n) is 4.37. The number of allylic oxidation sites excluding steroid dienone is 1. The number of amidine groups is 1. The number of benzene rings is 2. The topological polar surface area (TPSA) is 45.0 Å². The number of aromatic hydroxyl groups is 1.